The highest BCUT2D eigenvalue weighted by atomic mass is 32.1. The van der Waals surface area contributed by atoms with Gasteiger partial charge in [-0.25, -0.2) is 9.67 Å². The highest BCUT2D eigenvalue weighted by Gasteiger charge is 2.05. The molecule has 0 spiro atoms. The molecule has 2 rings (SSSR count). The van der Waals surface area contributed by atoms with Gasteiger partial charge in [0, 0.05) is 12.6 Å². The number of hydrogen-bond donors (Lipinski definition) is 1. The van der Waals surface area contributed by atoms with E-state index in [-0.39, 0.29) is 0 Å². The minimum Gasteiger partial charge on any atom is -0.478 e. The van der Waals surface area contributed by atoms with E-state index in [1.807, 2.05) is 36.4 Å². The molecule has 0 atom stereocenters. The Kier molecular flexibility index (Phi) is 10.3. The first-order chi connectivity index (χ1) is 13.7. The van der Waals surface area contributed by atoms with Crippen molar-refractivity contribution >= 4 is 17.3 Å². The third kappa shape index (κ3) is 7.80. The fraction of sp³-hybridized carbons (Fsp3) is 0.500. The Labute approximate surface area is 173 Å². The lowest BCUT2D eigenvalue weighted by Crippen LogP contribution is -2.24. The molecular weight excluding hydrogens is 368 g/mol. The van der Waals surface area contributed by atoms with Gasteiger partial charge in [-0.2, -0.15) is 5.10 Å². The van der Waals surface area contributed by atoms with Gasteiger partial charge in [0.05, 0.1) is 23.8 Å². The second-order valence-corrected chi connectivity index (χ2v) is 7.15. The lowest BCUT2D eigenvalue weighted by atomic mass is 10.1. The first kappa shape index (κ1) is 22.1. The van der Waals surface area contributed by atoms with Crippen molar-refractivity contribution in [2.45, 2.75) is 58.8 Å². The molecule has 1 aromatic heterocycles. The van der Waals surface area contributed by atoms with Gasteiger partial charge in [-0.05, 0) is 37.2 Å². The molecule has 0 unspecified atom stereocenters. The standard InChI is InChI=1S/C22H32N4OS/c1-3-5-7-8-12-15-23-22(28)25-19-17-21(27-16-6-4-2)26(24-18-19)20-13-10-9-11-14-20/h9-11,13-14,17-18H,3-8,12,15-16H2,1-2H3,(H,23,28). The zero-order valence-electron chi connectivity index (χ0n) is 17.1. The van der Waals surface area contributed by atoms with E-state index in [9.17, 15) is 0 Å². The molecule has 0 aliphatic heterocycles. The number of ether oxygens (including phenoxy) is 1. The second kappa shape index (κ2) is 13.0. The Hall–Kier alpha value is -2.21. The molecule has 0 amide bonds. The van der Waals surface area contributed by atoms with E-state index in [0.29, 0.717) is 23.0 Å². The van der Waals surface area contributed by atoms with Crippen molar-refractivity contribution in [3.05, 3.63) is 48.0 Å². The zero-order valence-corrected chi connectivity index (χ0v) is 17.9. The Morgan fingerprint density at radius 1 is 1.07 bits per heavy atom. The van der Waals surface area contributed by atoms with Crippen molar-refractivity contribution in [3.63, 3.8) is 0 Å². The second-order valence-electron chi connectivity index (χ2n) is 6.76. The number of para-hydroxylation sites is 1. The zero-order chi connectivity index (χ0) is 20.0. The molecule has 6 heteroatoms. The minimum atomic E-state index is 0.495. The highest BCUT2D eigenvalue weighted by Crippen LogP contribution is 2.14. The number of rotatable bonds is 11. The maximum atomic E-state index is 5.97. The number of hydrogen-bond acceptors (Lipinski definition) is 3. The van der Waals surface area contributed by atoms with Crippen molar-refractivity contribution in [1.29, 1.82) is 0 Å². The first-order valence-corrected chi connectivity index (χ1v) is 10.8. The molecule has 2 aromatic rings. The average molecular weight is 401 g/mol. The quantitative estimate of drug-likeness (QED) is 0.435. The molecule has 0 bridgehead atoms. The van der Waals surface area contributed by atoms with Crippen molar-refractivity contribution < 1.29 is 4.74 Å². The molecule has 28 heavy (non-hydrogen) atoms. The summed E-state index contributed by atoms with van der Waals surface area (Å²) in [5.41, 5.74) is 0.952. The average Bonchev–Trinajstić information content (AvgIpc) is 2.72. The van der Waals surface area contributed by atoms with Gasteiger partial charge in [-0.3, -0.25) is 0 Å². The van der Waals surface area contributed by atoms with Crippen LogP contribution in [-0.2, 0) is 0 Å². The van der Waals surface area contributed by atoms with Crippen molar-refractivity contribution in [1.82, 2.24) is 15.1 Å². The fourth-order valence-corrected chi connectivity index (χ4v) is 2.93. The van der Waals surface area contributed by atoms with Crippen LogP contribution < -0.4 is 15.4 Å². The predicted molar refractivity (Wildman–Crippen MR) is 119 cm³/mol. The van der Waals surface area contributed by atoms with E-state index in [1.54, 1.807) is 10.9 Å². The van der Waals surface area contributed by atoms with Crippen molar-refractivity contribution in [2.75, 3.05) is 13.2 Å². The van der Waals surface area contributed by atoms with Crippen LogP contribution >= 0.6 is 12.2 Å². The summed E-state index contributed by atoms with van der Waals surface area (Å²) in [6.07, 6.45) is 9.96. The Morgan fingerprint density at radius 2 is 1.82 bits per heavy atom. The van der Waals surface area contributed by atoms with Gasteiger partial charge < -0.3 is 10.1 Å². The van der Waals surface area contributed by atoms with Gasteiger partial charge in [0.1, 0.15) is 0 Å². The smallest absolute Gasteiger partial charge is 0.217 e. The Balaban J connectivity index is 2.06. The number of nitrogens with one attached hydrogen (secondary N) is 1. The predicted octanol–water partition coefficient (Wildman–Crippen LogP) is 4.80. The van der Waals surface area contributed by atoms with Crippen LogP contribution in [0.5, 0.6) is 5.88 Å². The van der Waals surface area contributed by atoms with Crippen LogP contribution in [0.25, 0.3) is 5.69 Å². The molecule has 152 valence electrons. The van der Waals surface area contributed by atoms with Crippen LogP contribution in [0.4, 0.5) is 0 Å². The third-order valence-electron chi connectivity index (χ3n) is 4.32. The number of nitrogens with zero attached hydrogens (tertiary/aromatic N) is 3. The van der Waals surface area contributed by atoms with Crippen molar-refractivity contribution in [2.24, 2.45) is 4.99 Å². The topological polar surface area (TPSA) is 51.4 Å². The molecule has 5 nitrogen and oxygen atoms in total. The fourth-order valence-electron chi connectivity index (χ4n) is 2.73. The molecule has 0 radical (unpaired) electrons. The van der Waals surface area contributed by atoms with Crippen LogP contribution in [0.1, 0.15) is 58.8 Å². The van der Waals surface area contributed by atoms with Crippen LogP contribution in [0.2, 0.25) is 0 Å². The van der Waals surface area contributed by atoms with E-state index < -0.39 is 0 Å². The van der Waals surface area contributed by atoms with Gasteiger partial charge in [0.2, 0.25) is 5.88 Å². The number of aromatic nitrogens is 2. The summed E-state index contributed by atoms with van der Waals surface area (Å²) in [7, 11) is 0. The monoisotopic (exact) mass is 400 g/mol. The van der Waals surface area contributed by atoms with Gasteiger partial charge in [-0.15, -0.1) is 0 Å². The molecule has 0 fully saturated rings. The van der Waals surface area contributed by atoms with Crippen LogP contribution in [0.15, 0.2) is 47.6 Å². The lowest BCUT2D eigenvalue weighted by molar-refractivity contribution is 0.284. The number of unbranched alkanes of at least 4 members (excludes halogenated alkanes) is 5. The van der Waals surface area contributed by atoms with Crippen LogP contribution in [0.3, 0.4) is 0 Å². The van der Waals surface area contributed by atoms with E-state index in [0.717, 1.165) is 31.5 Å². The summed E-state index contributed by atoms with van der Waals surface area (Å²) in [5, 5.41) is 8.93. The number of thiocarbonyl (C=S) groups is 1. The Bertz CT molecular complexity index is 774. The summed E-state index contributed by atoms with van der Waals surface area (Å²) in [4.78, 5) is 4.48. The van der Waals surface area contributed by atoms with Gasteiger partial charge >= 0.3 is 0 Å². The summed E-state index contributed by atoms with van der Waals surface area (Å²) < 4.78 is 7.76. The highest BCUT2D eigenvalue weighted by molar-refractivity contribution is 7.80. The van der Waals surface area contributed by atoms with E-state index in [4.69, 9.17) is 17.0 Å². The Morgan fingerprint density at radius 3 is 2.57 bits per heavy atom. The largest absolute Gasteiger partial charge is 0.478 e. The molecule has 1 aromatic carbocycles. The lowest BCUT2D eigenvalue weighted by Gasteiger charge is -2.13. The van der Waals surface area contributed by atoms with E-state index in [1.165, 1.54) is 25.7 Å². The normalized spacial score (nSPS) is 11.4. The maximum absolute atomic E-state index is 5.97. The molecule has 1 heterocycles. The van der Waals surface area contributed by atoms with E-state index in [2.05, 4.69) is 29.3 Å². The van der Waals surface area contributed by atoms with Crippen LogP contribution in [0, 0.1) is 0 Å². The van der Waals surface area contributed by atoms with Gasteiger partial charge in [-0.1, -0.05) is 64.2 Å². The van der Waals surface area contributed by atoms with Gasteiger partial charge in [0.15, 0.2) is 5.11 Å². The van der Waals surface area contributed by atoms with Crippen molar-refractivity contribution in [3.8, 4) is 11.6 Å². The summed E-state index contributed by atoms with van der Waals surface area (Å²) in [6, 6.07) is 11.8. The third-order valence-corrected chi connectivity index (χ3v) is 4.56. The molecule has 1 N–H and O–H groups in total. The van der Waals surface area contributed by atoms with E-state index >= 15 is 0 Å². The molecule has 0 saturated carbocycles. The molecule has 0 saturated heterocycles. The van der Waals surface area contributed by atoms with Gasteiger partial charge in [0.25, 0.3) is 0 Å². The number of benzene rings is 1. The molecule has 0 aliphatic carbocycles. The summed E-state index contributed by atoms with van der Waals surface area (Å²) >= 11 is 5.36. The summed E-state index contributed by atoms with van der Waals surface area (Å²) in [6.45, 7) is 5.87. The summed E-state index contributed by atoms with van der Waals surface area (Å²) in [5.74, 6) is 0.670. The molecule has 0 aliphatic rings. The first-order valence-electron chi connectivity index (χ1n) is 10.3. The molecular formula is C22H32N4OS. The van der Waals surface area contributed by atoms with Crippen LogP contribution in [-0.4, -0.2) is 28.0 Å². The maximum Gasteiger partial charge on any atom is 0.217 e. The SMILES string of the molecule is CCCCCCCNC(=S)N=c1cnn(-c2ccccc2)c(OCCCC)c1. The minimum absolute atomic E-state index is 0.495.